The van der Waals surface area contributed by atoms with Gasteiger partial charge in [-0.2, -0.15) is 0 Å². The first-order valence-corrected chi connectivity index (χ1v) is 6.65. The number of fused-ring (bicyclic) bond motifs is 1. The molecule has 4 atom stereocenters. The van der Waals surface area contributed by atoms with Crippen LogP contribution in [0.5, 0.6) is 0 Å². The molecule has 1 aliphatic carbocycles. The Hall–Kier alpha value is -1.12. The second kappa shape index (κ2) is 5.10. The Labute approximate surface area is 114 Å². The number of aliphatic hydroxyl groups is 2. The molecule has 0 bridgehead atoms. The van der Waals surface area contributed by atoms with Crippen molar-refractivity contribution in [3.63, 3.8) is 0 Å². The number of aliphatic hydroxyl groups excluding tert-OH is 2. The second-order valence-corrected chi connectivity index (χ2v) is 5.81. The molecule has 3 heteroatoms. The Balaban J connectivity index is 2.26. The van der Waals surface area contributed by atoms with E-state index < -0.39 is 17.8 Å². The van der Waals surface area contributed by atoms with Gasteiger partial charge in [-0.3, -0.25) is 0 Å². The lowest BCUT2D eigenvalue weighted by atomic mass is 9.79. The van der Waals surface area contributed by atoms with Gasteiger partial charge in [0, 0.05) is 18.4 Å². The minimum absolute atomic E-state index is 0.256. The van der Waals surface area contributed by atoms with E-state index in [4.69, 9.17) is 4.74 Å². The van der Waals surface area contributed by atoms with Crippen LogP contribution >= 0.6 is 0 Å². The van der Waals surface area contributed by atoms with Crippen LogP contribution in [0.2, 0.25) is 0 Å². The van der Waals surface area contributed by atoms with Gasteiger partial charge in [0.15, 0.2) is 0 Å². The Morgan fingerprint density at radius 3 is 2.74 bits per heavy atom. The van der Waals surface area contributed by atoms with Crippen LogP contribution in [0.3, 0.4) is 0 Å². The fourth-order valence-electron chi connectivity index (χ4n) is 2.56. The third kappa shape index (κ3) is 2.75. The van der Waals surface area contributed by atoms with Gasteiger partial charge in [-0.25, -0.2) is 0 Å². The first-order valence-electron chi connectivity index (χ1n) is 6.65. The summed E-state index contributed by atoms with van der Waals surface area (Å²) in [6, 6.07) is 0. The summed E-state index contributed by atoms with van der Waals surface area (Å²) < 4.78 is 5.64. The molecule has 2 aliphatic rings. The van der Waals surface area contributed by atoms with Crippen molar-refractivity contribution in [3.05, 3.63) is 41.2 Å². The summed E-state index contributed by atoms with van der Waals surface area (Å²) in [5.74, 6) is 0. The summed E-state index contributed by atoms with van der Waals surface area (Å²) in [6.45, 7) is 9.67. The van der Waals surface area contributed by atoms with Crippen molar-refractivity contribution >= 4 is 0 Å². The number of ether oxygens (including phenoxy) is 1. The van der Waals surface area contributed by atoms with E-state index in [1.165, 1.54) is 5.57 Å². The van der Waals surface area contributed by atoms with E-state index in [2.05, 4.69) is 12.3 Å². The van der Waals surface area contributed by atoms with E-state index in [1.807, 2.05) is 26.8 Å². The largest absolute Gasteiger partial charge is 0.390 e. The minimum atomic E-state index is -0.702. The highest BCUT2D eigenvalue weighted by molar-refractivity contribution is 5.31. The van der Waals surface area contributed by atoms with Gasteiger partial charge >= 0.3 is 0 Å². The zero-order valence-electron chi connectivity index (χ0n) is 11.8. The summed E-state index contributed by atoms with van der Waals surface area (Å²) in [6.07, 6.45) is 3.29. The maximum atomic E-state index is 10.5. The molecule has 1 saturated heterocycles. The highest BCUT2D eigenvalue weighted by atomic mass is 16.6. The topological polar surface area (TPSA) is 53.0 Å². The normalized spacial score (nSPS) is 36.1. The second-order valence-electron chi connectivity index (χ2n) is 5.81. The van der Waals surface area contributed by atoms with Gasteiger partial charge in [-0.15, -0.1) is 5.73 Å². The first kappa shape index (κ1) is 14.3. The average Bonchev–Trinajstić information content (AvgIpc) is 3.06. The summed E-state index contributed by atoms with van der Waals surface area (Å²) in [5, 5.41) is 20.5. The summed E-state index contributed by atoms with van der Waals surface area (Å²) >= 11 is 0. The van der Waals surface area contributed by atoms with Crippen molar-refractivity contribution in [3.8, 4) is 0 Å². The number of hydrogen-bond acceptors (Lipinski definition) is 3. The van der Waals surface area contributed by atoms with Crippen molar-refractivity contribution in [2.24, 2.45) is 0 Å². The van der Waals surface area contributed by atoms with Crippen LogP contribution in [0.4, 0.5) is 0 Å². The smallest absolute Gasteiger partial charge is 0.131 e. The van der Waals surface area contributed by atoms with Crippen molar-refractivity contribution in [1.29, 1.82) is 0 Å². The molecule has 2 fully saturated rings. The number of allylic oxidation sites excluding steroid dienone is 2. The number of rotatable bonds is 3. The van der Waals surface area contributed by atoms with E-state index in [9.17, 15) is 10.2 Å². The molecule has 1 saturated carbocycles. The third-order valence-electron chi connectivity index (χ3n) is 3.68. The highest BCUT2D eigenvalue weighted by Gasteiger charge is 2.67. The summed E-state index contributed by atoms with van der Waals surface area (Å²) in [5.41, 5.74) is 5.15. The number of hydrogen-bond donors (Lipinski definition) is 2. The predicted molar refractivity (Wildman–Crippen MR) is 74.7 cm³/mol. The molecule has 0 aromatic heterocycles. The van der Waals surface area contributed by atoms with Gasteiger partial charge in [-0.1, -0.05) is 23.8 Å². The maximum absolute atomic E-state index is 10.5. The van der Waals surface area contributed by atoms with Crippen LogP contribution in [0, 0.1) is 0 Å². The van der Waals surface area contributed by atoms with Gasteiger partial charge in [0.05, 0.1) is 6.10 Å². The van der Waals surface area contributed by atoms with E-state index in [0.717, 1.165) is 5.57 Å². The molecule has 2 N–H and O–H groups in total. The van der Waals surface area contributed by atoms with Crippen molar-refractivity contribution in [2.75, 3.05) is 0 Å². The zero-order chi connectivity index (χ0) is 14.2. The molecule has 2 rings (SSSR count). The molecule has 0 amide bonds. The lowest BCUT2D eigenvalue weighted by Crippen LogP contribution is -2.42. The fourth-order valence-corrected chi connectivity index (χ4v) is 2.56. The summed E-state index contributed by atoms with van der Waals surface area (Å²) in [4.78, 5) is 0. The van der Waals surface area contributed by atoms with Crippen molar-refractivity contribution in [2.45, 2.75) is 57.5 Å². The zero-order valence-corrected chi connectivity index (χ0v) is 11.8. The Morgan fingerprint density at radius 2 is 2.16 bits per heavy atom. The molecular formula is C16H22O3. The van der Waals surface area contributed by atoms with Gasteiger partial charge in [-0.05, 0) is 26.8 Å². The van der Waals surface area contributed by atoms with Crippen molar-refractivity contribution in [1.82, 2.24) is 0 Å². The van der Waals surface area contributed by atoms with Gasteiger partial charge in [0.2, 0.25) is 0 Å². The van der Waals surface area contributed by atoms with Crippen molar-refractivity contribution < 1.29 is 14.9 Å². The lowest BCUT2D eigenvalue weighted by molar-refractivity contribution is 0.0842. The molecule has 19 heavy (non-hydrogen) atoms. The van der Waals surface area contributed by atoms with Crippen LogP contribution in [-0.4, -0.2) is 34.1 Å². The minimum Gasteiger partial charge on any atom is -0.390 e. The maximum Gasteiger partial charge on any atom is 0.131 e. The molecule has 1 heterocycles. The standard InChI is InChI=1S/C16H22O3/c1-10(2)5-6-12-9-13(17)15-16(19-15,14(12)18)8-7-11(3)4/h5,7,13-15,17-18H,1,8-9H2,2-4H3/t6?,13-,14+,15+,16-/m0/s1. The van der Waals surface area contributed by atoms with Crippen LogP contribution < -0.4 is 0 Å². The summed E-state index contributed by atoms with van der Waals surface area (Å²) in [7, 11) is 0. The van der Waals surface area contributed by atoms with Crippen LogP contribution in [0.25, 0.3) is 0 Å². The molecule has 1 aliphatic heterocycles. The van der Waals surface area contributed by atoms with E-state index in [0.29, 0.717) is 18.4 Å². The molecule has 104 valence electrons. The molecule has 0 spiro atoms. The predicted octanol–water partition coefficient (Wildman–Crippen LogP) is 2.26. The molecule has 0 aromatic carbocycles. The quantitative estimate of drug-likeness (QED) is 0.355. The molecule has 3 nitrogen and oxygen atoms in total. The fraction of sp³-hybridized carbons (Fsp3) is 0.562. The Kier molecular flexibility index (Phi) is 3.84. The van der Waals surface area contributed by atoms with E-state index >= 15 is 0 Å². The highest BCUT2D eigenvalue weighted by Crippen LogP contribution is 2.52. The molecule has 0 aromatic rings. The van der Waals surface area contributed by atoms with Crippen LogP contribution in [0.1, 0.15) is 33.6 Å². The van der Waals surface area contributed by atoms with E-state index in [1.54, 1.807) is 6.08 Å². The third-order valence-corrected chi connectivity index (χ3v) is 3.68. The van der Waals surface area contributed by atoms with E-state index in [-0.39, 0.29) is 6.10 Å². The van der Waals surface area contributed by atoms with Crippen LogP contribution in [0.15, 0.2) is 41.2 Å². The van der Waals surface area contributed by atoms with Gasteiger partial charge < -0.3 is 14.9 Å². The number of epoxide rings is 1. The molecular weight excluding hydrogens is 240 g/mol. The van der Waals surface area contributed by atoms with Gasteiger partial charge in [0.25, 0.3) is 0 Å². The Bertz CT molecular complexity index is 478. The molecule has 0 radical (unpaired) electrons. The monoisotopic (exact) mass is 262 g/mol. The lowest BCUT2D eigenvalue weighted by Gasteiger charge is -2.27. The van der Waals surface area contributed by atoms with Gasteiger partial charge in [0.1, 0.15) is 17.8 Å². The SMILES string of the molecule is C=C(C)C=C=C1C[C@H](O)[C@H]2O[C@@]2(CC=C(C)C)[C@@H]1O. The average molecular weight is 262 g/mol. The Morgan fingerprint density at radius 1 is 1.47 bits per heavy atom. The molecule has 0 unspecified atom stereocenters. The van der Waals surface area contributed by atoms with Crippen LogP contribution in [-0.2, 0) is 4.74 Å². The first-order chi connectivity index (χ1) is 8.86.